The lowest BCUT2D eigenvalue weighted by molar-refractivity contribution is 0.0705. The highest BCUT2D eigenvalue weighted by molar-refractivity contribution is 6.01. The van der Waals surface area contributed by atoms with Crippen LogP contribution in [-0.4, -0.2) is 40.2 Å². The predicted molar refractivity (Wildman–Crippen MR) is 76.8 cm³/mol. The molecule has 0 saturated heterocycles. The normalized spacial score (nSPS) is 14.4. The third-order valence-corrected chi connectivity index (χ3v) is 3.68. The molecule has 4 nitrogen and oxygen atoms in total. The number of amides is 1. The SMILES string of the molecule is O=C(c1cc2ccccc2cc1O)N(CCO)C1CC1. The number of aromatic hydroxyl groups is 1. The molecule has 2 N–H and O–H groups in total. The first kappa shape index (κ1) is 12.9. The summed E-state index contributed by atoms with van der Waals surface area (Å²) in [6, 6.07) is 11.2. The van der Waals surface area contributed by atoms with Crippen molar-refractivity contribution >= 4 is 16.7 Å². The smallest absolute Gasteiger partial charge is 0.257 e. The van der Waals surface area contributed by atoms with Crippen molar-refractivity contribution in [3.63, 3.8) is 0 Å². The fourth-order valence-corrected chi connectivity index (χ4v) is 2.50. The number of phenolic OH excluding ortho intramolecular Hbond substituents is 1. The molecular weight excluding hydrogens is 254 g/mol. The Morgan fingerprint density at radius 1 is 1.20 bits per heavy atom. The van der Waals surface area contributed by atoms with Gasteiger partial charge in [0.05, 0.1) is 12.2 Å². The average molecular weight is 271 g/mol. The Morgan fingerprint density at radius 3 is 2.45 bits per heavy atom. The largest absolute Gasteiger partial charge is 0.507 e. The Bertz CT molecular complexity index is 649. The Morgan fingerprint density at radius 2 is 1.85 bits per heavy atom. The minimum atomic E-state index is -0.204. The maximum atomic E-state index is 12.5. The summed E-state index contributed by atoms with van der Waals surface area (Å²) in [6.45, 7) is 0.256. The van der Waals surface area contributed by atoms with E-state index in [-0.39, 0.29) is 24.3 Å². The molecule has 0 atom stereocenters. The molecule has 1 aliphatic carbocycles. The molecule has 0 unspecified atom stereocenters. The minimum absolute atomic E-state index is 0.00251. The maximum absolute atomic E-state index is 12.5. The second kappa shape index (κ2) is 5.13. The highest BCUT2D eigenvalue weighted by Crippen LogP contribution is 2.31. The average Bonchev–Trinajstić information content (AvgIpc) is 3.28. The molecule has 2 aromatic carbocycles. The monoisotopic (exact) mass is 271 g/mol. The van der Waals surface area contributed by atoms with Gasteiger partial charge in [-0.25, -0.2) is 0 Å². The van der Waals surface area contributed by atoms with Crippen molar-refractivity contribution in [1.82, 2.24) is 4.90 Å². The van der Waals surface area contributed by atoms with Crippen molar-refractivity contribution in [1.29, 1.82) is 0 Å². The van der Waals surface area contributed by atoms with Crippen molar-refractivity contribution in [2.24, 2.45) is 0 Å². The number of rotatable bonds is 4. The zero-order chi connectivity index (χ0) is 14.1. The van der Waals surface area contributed by atoms with E-state index in [1.54, 1.807) is 17.0 Å². The maximum Gasteiger partial charge on any atom is 0.257 e. The molecule has 0 aliphatic heterocycles. The quantitative estimate of drug-likeness (QED) is 0.895. The van der Waals surface area contributed by atoms with Gasteiger partial charge in [-0.2, -0.15) is 0 Å². The molecule has 1 aliphatic rings. The van der Waals surface area contributed by atoms with Crippen LogP contribution in [0.2, 0.25) is 0 Å². The van der Waals surface area contributed by atoms with Gasteiger partial charge in [-0.1, -0.05) is 24.3 Å². The summed E-state index contributed by atoms with van der Waals surface area (Å²) in [7, 11) is 0. The molecule has 3 rings (SSSR count). The Labute approximate surface area is 117 Å². The second-order valence-corrected chi connectivity index (χ2v) is 5.17. The number of hydrogen-bond donors (Lipinski definition) is 2. The van der Waals surface area contributed by atoms with E-state index in [0.29, 0.717) is 12.1 Å². The number of benzene rings is 2. The summed E-state index contributed by atoms with van der Waals surface area (Å²) in [5.41, 5.74) is 0.309. The molecule has 2 aromatic rings. The van der Waals surface area contributed by atoms with Gasteiger partial charge in [0, 0.05) is 12.6 Å². The first-order valence-electron chi connectivity index (χ1n) is 6.84. The predicted octanol–water partition coefficient (Wildman–Crippen LogP) is 2.14. The number of carbonyl (C=O) groups excluding carboxylic acids is 1. The zero-order valence-electron chi connectivity index (χ0n) is 11.1. The fourth-order valence-electron chi connectivity index (χ4n) is 2.50. The number of aliphatic hydroxyl groups excluding tert-OH is 1. The summed E-state index contributed by atoms with van der Waals surface area (Å²) in [6.07, 6.45) is 1.94. The third-order valence-electron chi connectivity index (χ3n) is 3.68. The van der Waals surface area contributed by atoms with Crippen molar-refractivity contribution in [2.45, 2.75) is 18.9 Å². The molecule has 1 saturated carbocycles. The molecule has 4 heteroatoms. The van der Waals surface area contributed by atoms with Gasteiger partial charge in [0.15, 0.2) is 0 Å². The first-order valence-corrected chi connectivity index (χ1v) is 6.84. The molecule has 0 bridgehead atoms. The summed E-state index contributed by atoms with van der Waals surface area (Å²) in [4.78, 5) is 14.2. The molecule has 0 heterocycles. The second-order valence-electron chi connectivity index (χ2n) is 5.17. The van der Waals surface area contributed by atoms with E-state index in [1.807, 2.05) is 24.3 Å². The van der Waals surface area contributed by atoms with Gasteiger partial charge in [0.25, 0.3) is 5.91 Å². The van der Waals surface area contributed by atoms with E-state index in [2.05, 4.69) is 0 Å². The zero-order valence-corrected chi connectivity index (χ0v) is 11.1. The van der Waals surface area contributed by atoms with Crippen LogP contribution in [0.1, 0.15) is 23.2 Å². The highest BCUT2D eigenvalue weighted by Gasteiger charge is 2.33. The van der Waals surface area contributed by atoms with Crippen LogP contribution in [0.25, 0.3) is 10.8 Å². The van der Waals surface area contributed by atoms with E-state index in [9.17, 15) is 9.90 Å². The van der Waals surface area contributed by atoms with Gasteiger partial charge in [-0.05, 0) is 35.7 Å². The Balaban J connectivity index is 1.99. The van der Waals surface area contributed by atoms with Crippen LogP contribution >= 0.6 is 0 Å². The first-order chi connectivity index (χ1) is 9.70. The number of carbonyl (C=O) groups is 1. The van der Waals surface area contributed by atoms with Crippen LogP contribution in [0.15, 0.2) is 36.4 Å². The Hall–Kier alpha value is -2.07. The standard InChI is InChI=1S/C16H17NO3/c18-8-7-17(13-5-6-13)16(20)14-9-11-3-1-2-4-12(11)10-15(14)19/h1-4,9-10,13,18-19H,5-8H2. The molecular formula is C16H17NO3. The van der Waals surface area contributed by atoms with E-state index >= 15 is 0 Å². The van der Waals surface area contributed by atoms with E-state index in [4.69, 9.17) is 5.11 Å². The van der Waals surface area contributed by atoms with Crippen molar-refractivity contribution in [3.05, 3.63) is 42.0 Å². The van der Waals surface area contributed by atoms with E-state index in [1.165, 1.54) is 0 Å². The molecule has 1 fully saturated rings. The van der Waals surface area contributed by atoms with Gasteiger partial charge < -0.3 is 15.1 Å². The third kappa shape index (κ3) is 2.34. The molecule has 0 spiro atoms. The van der Waals surface area contributed by atoms with E-state index in [0.717, 1.165) is 23.6 Å². The van der Waals surface area contributed by atoms with Crippen LogP contribution in [-0.2, 0) is 0 Å². The van der Waals surface area contributed by atoms with Gasteiger partial charge in [0.2, 0.25) is 0 Å². The summed E-state index contributed by atoms with van der Waals surface area (Å²) in [5, 5.41) is 21.0. The summed E-state index contributed by atoms with van der Waals surface area (Å²) >= 11 is 0. The van der Waals surface area contributed by atoms with Crippen LogP contribution in [0.3, 0.4) is 0 Å². The van der Waals surface area contributed by atoms with Crippen LogP contribution in [0.5, 0.6) is 5.75 Å². The molecule has 0 radical (unpaired) electrons. The van der Waals surface area contributed by atoms with Crippen molar-refractivity contribution < 1.29 is 15.0 Å². The van der Waals surface area contributed by atoms with Crippen LogP contribution < -0.4 is 0 Å². The number of hydrogen-bond acceptors (Lipinski definition) is 3. The van der Waals surface area contributed by atoms with Crippen molar-refractivity contribution in [2.75, 3.05) is 13.2 Å². The number of phenols is 1. The lowest BCUT2D eigenvalue weighted by atomic mass is 10.0. The highest BCUT2D eigenvalue weighted by atomic mass is 16.3. The van der Waals surface area contributed by atoms with E-state index < -0.39 is 0 Å². The number of fused-ring (bicyclic) bond motifs is 1. The molecule has 0 aromatic heterocycles. The van der Waals surface area contributed by atoms with Gasteiger partial charge in [0.1, 0.15) is 5.75 Å². The molecule has 104 valence electrons. The van der Waals surface area contributed by atoms with Crippen molar-refractivity contribution in [3.8, 4) is 5.75 Å². The van der Waals surface area contributed by atoms with Gasteiger partial charge in [-0.3, -0.25) is 4.79 Å². The molecule has 1 amide bonds. The van der Waals surface area contributed by atoms with Crippen LogP contribution in [0, 0.1) is 0 Å². The lowest BCUT2D eigenvalue weighted by Gasteiger charge is -2.22. The van der Waals surface area contributed by atoms with Gasteiger partial charge >= 0.3 is 0 Å². The summed E-state index contributed by atoms with van der Waals surface area (Å²) < 4.78 is 0. The minimum Gasteiger partial charge on any atom is -0.507 e. The number of aliphatic hydroxyl groups is 1. The summed E-state index contributed by atoms with van der Waals surface area (Å²) in [5.74, 6) is -0.206. The van der Waals surface area contributed by atoms with Crippen LogP contribution in [0.4, 0.5) is 0 Å². The molecule has 20 heavy (non-hydrogen) atoms. The lowest BCUT2D eigenvalue weighted by Crippen LogP contribution is -2.35. The van der Waals surface area contributed by atoms with Gasteiger partial charge in [-0.15, -0.1) is 0 Å². The Kier molecular flexibility index (Phi) is 3.32. The number of nitrogens with zero attached hydrogens (tertiary/aromatic N) is 1. The fraction of sp³-hybridized carbons (Fsp3) is 0.312. The topological polar surface area (TPSA) is 60.8 Å².